The van der Waals surface area contributed by atoms with Crippen LogP contribution in [-0.2, 0) is 6.42 Å². The molecule has 1 aromatic heterocycles. The highest BCUT2D eigenvalue weighted by Gasteiger charge is 2.20. The predicted octanol–water partition coefficient (Wildman–Crippen LogP) is 2.79. The van der Waals surface area contributed by atoms with Crippen LogP contribution in [0.1, 0.15) is 55.6 Å². The Hall–Kier alpha value is -1.32. The fourth-order valence-electron chi connectivity index (χ4n) is 2.57. The van der Waals surface area contributed by atoms with Gasteiger partial charge in [0.05, 0.1) is 6.20 Å². The standard InChI is InChI=1S/C14H22N2O2/c1-3-13-12(9-16-18-13)14(17)15-8-11-6-4-10(2)5-7-11/h9-11H,3-8H2,1-2H3,(H,15,17). The summed E-state index contributed by atoms with van der Waals surface area (Å²) in [6, 6.07) is 0. The maximum absolute atomic E-state index is 12.0. The van der Waals surface area contributed by atoms with Crippen LogP contribution in [0.15, 0.2) is 10.7 Å². The Kier molecular flexibility index (Phi) is 4.39. The molecule has 18 heavy (non-hydrogen) atoms. The van der Waals surface area contributed by atoms with Crippen molar-refractivity contribution in [2.45, 2.75) is 46.0 Å². The molecule has 1 amide bonds. The van der Waals surface area contributed by atoms with E-state index < -0.39 is 0 Å². The van der Waals surface area contributed by atoms with Gasteiger partial charge in [0.2, 0.25) is 0 Å². The van der Waals surface area contributed by atoms with Gasteiger partial charge in [-0.3, -0.25) is 4.79 Å². The lowest BCUT2D eigenvalue weighted by Gasteiger charge is -2.26. The third kappa shape index (κ3) is 3.12. The molecular formula is C14H22N2O2. The molecule has 0 atom stereocenters. The highest BCUT2D eigenvalue weighted by atomic mass is 16.5. The van der Waals surface area contributed by atoms with Crippen molar-refractivity contribution in [3.63, 3.8) is 0 Å². The van der Waals surface area contributed by atoms with Crippen molar-refractivity contribution in [3.8, 4) is 0 Å². The highest BCUT2D eigenvalue weighted by Crippen LogP contribution is 2.27. The molecule has 1 heterocycles. The first-order valence-electron chi connectivity index (χ1n) is 6.92. The Bertz CT molecular complexity index is 392. The fourth-order valence-corrected chi connectivity index (χ4v) is 2.57. The van der Waals surface area contributed by atoms with Crippen molar-refractivity contribution in [1.29, 1.82) is 0 Å². The van der Waals surface area contributed by atoms with Gasteiger partial charge in [-0.2, -0.15) is 0 Å². The van der Waals surface area contributed by atoms with Gasteiger partial charge >= 0.3 is 0 Å². The molecule has 1 aromatic rings. The van der Waals surface area contributed by atoms with Crippen molar-refractivity contribution in [2.24, 2.45) is 11.8 Å². The number of aromatic nitrogens is 1. The predicted molar refractivity (Wildman–Crippen MR) is 69.3 cm³/mol. The van der Waals surface area contributed by atoms with E-state index in [0.29, 0.717) is 23.7 Å². The van der Waals surface area contributed by atoms with Crippen LogP contribution < -0.4 is 5.32 Å². The number of aryl methyl sites for hydroxylation is 1. The van der Waals surface area contributed by atoms with Gasteiger partial charge in [-0.15, -0.1) is 0 Å². The molecule has 0 bridgehead atoms. The lowest BCUT2D eigenvalue weighted by molar-refractivity contribution is 0.0940. The van der Waals surface area contributed by atoms with E-state index in [4.69, 9.17) is 4.52 Å². The molecule has 4 nitrogen and oxygen atoms in total. The second-order valence-electron chi connectivity index (χ2n) is 5.35. The molecule has 1 fully saturated rings. The van der Waals surface area contributed by atoms with E-state index in [1.807, 2.05) is 6.92 Å². The summed E-state index contributed by atoms with van der Waals surface area (Å²) in [7, 11) is 0. The quantitative estimate of drug-likeness (QED) is 0.894. The molecule has 0 spiro atoms. The molecule has 1 saturated carbocycles. The monoisotopic (exact) mass is 250 g/mol. The Labute approximate surface area is 108 Å². The molecular weight excluding hydrogens is 228 g/mol. The lowest BCUT2D eigenvalue weighted by Crippen LogP contribution is -2.31. The molecule has 1 N–H and O–H groups in total. The van der Waals surface area contributed by atoms with E-state index in [2.05, 4.69) is 17.4 Å². The first-order chi connectivity index (χ1) is 8.70. The third-order valence-electron chi connectivity index (χ3n) is 3.90. The molecule has 1 aliphatic carbocycles. The van der Waals surface area contributed by atoms with E-state index in [1.165, 1.54) is 31.9 Å². The summed E-state index contributed by atoms with van der Waals surface area (Å²) in [5, 5.41) is 6.69. The summed E-state index contributed by atoms with van der Waals surface area (Å²) in [4.78, 5) is 12.0. The Morgan fingerprint density at radius 3 is 2.83 bits per heavy atom. The molecule has 0 aromatic carbocycles. The smallest absolute Gasteiger partial charge is 0.256 e. The number of hydrogen-bond donors (Lipinski definition) is 1. The third-order valence-corrected chi connectivity index (χ3v) is 3.90. The molecule has 2 rings (SSSR count). The summed E-state index contributed by atoms with van der Waals surface area (Å²) in [5.41, 5.74) is 0.585. The molecule has 100 valence electrons. The van der Waals surface area contributed by atoms with Gasteiger partial charge in [-0.1, -0.05) is 31.8 Å². The maximum Gasteiger partial charge on any atom is 0.256 e. The van der Waals surface area contributed by atoms with Crippen LogP contribution in [0.5, 0.6) is 0 Å². The van der Waals surface area contributed by atoms with Gasteiger partial charge in [0.25, 0.3) is 5.91 Å². The first kappa shape index (κ1) is 13.1. The van der Waals surface area contributed by atoms with Crippen LogP contribution in [0.4, 0.5) is 0 Å². The van der Waals surface area contributed by atoms with E-state index in [1.54, 1.807) is 0 Å². The second kappa shape index (κ2) is 6.03. The number of rotatable bonds is 4. The second-order valence-corrected chi connectivity index (χ2v) is 5.35. The van der Waals surface area contributed by atoms with Gasteiger partial charge in [-0.05, 0) is 24.7 Å². The van der Waals surface area contributed by atoms with Crippen LogP contribution in [-0.4, -0.2) is 17.6 Å². The normalized spacial score (nSPS) is 23.9. The Morgan fingerprint density at radius 1 is 1.44 bits per heavy atom. The van der Waals surface area contributed by atoms with Crippen molar-refractivity contribution in [1.82, 2.24) is 10.5 Å². The minimum Gasteiger partial charge on any atom is -0.361 e. The summed E-state index contributed by atoms with van der Waals surface area (Å²) in [6.07, 6.45) is 7.24. The number of hydrogen-bond acceptors (Lipinski definition) is 3. The minimum atomic E-state index is -0.0493. The topological polar surface area (TPSA) is 55.1 Å². The first-order valence-corrected chi connectivity index (χ1v) is 6.92. The van der Waals surface area contributed by atoms with Gasteiger partial charge in [-0.25, -0.2) is 0 Å². The largest absolute Gasteiger partial charge is 0.361 e. The van der Waals surface area contributed by atoms with Gasteiger partial charge in [0.15, 0.2) is 0 Å². The van der Waals surface area contributed by atoms with Crippen LogP contribution >= 0.6 is 0 Å². The number of nitrogens with zero attached hydrogens (tertiary/aromatic N) is 1. The average Bonchev–Trinajstić information content (AvgIpc) is 2.86. The Balaban J connectivity index is 1.81. The molecule has 1 aliphatic rings. The van der Waals surface area contributed by atoms with Crippen molar-refractivity contribution in [3.05, 3.63) is 17.5 Å². The fraction of sp³-hybridized carbons (Fsp3) is 0.714. The molecule has 0 aliphatic heterocycles. The number of nitrogens with one attached hydrogen (secondary N) is 1. The molecule has 0 unspecified atom stereocenters. The van der Waals surface area contributed by atoms with Crippen LogP contribution in [0.25, 0.3) is 0 Å². The van der Waals surface area contributed by atoms with Crippen LogP contribution in [0.2, 0.25) is 0 Å². The number of carbonyl (C=O) groups is 1. The molecule has 0 radical (unpaired) electrons. The summed E-state index contributed by atoms with van der Waals surface area (Å²) in [5.74, 6) is 2.10. The summed E-state index contributed by atoms with van der Waals surface area (Å²) >= 11 is 0. The van der Waals surface area contributed by atoms with Crippen molar-refractivity contribution < 1.29 is 9.32 Å². The van der Waals surface area contributed by atoms with E-state index >= 15 is 0 Å². The van der Waals surface area contributed by atoms with E-state index in [-0.39, 0.29) is 5.91 Å². The van der Waals surface area contributed by atoms with Gasteiger partial charge in [0.1, 0.15) is 11.3 Å². The average molecular weight is 250 g/mol. The van der Waals surface area contributed by atoms with Crippen LogP contribution in [0, 0.1) is 11.8 Å². The molecule has 0 saturated heterocycles. The van der Waals surface area contributed by atoms with Crippen molar-refractivity contribution >= 4 is 5.91 Å². The zero-order valence-corrected chi connectivity index (χ0v) is 11.2. The van der Waals surface area contributed by atoms with Crippen LogP contribution in [0.3, 0.4) is 0 Å². The van der Waals surface area contributed by atoms with Gasteiger partial charge in [0, 0.05) is 13.0 Å². The molecule has 4 heteroatoms. The SMILES string of the molecule is CCc1oncc1C(=O)NCC1CCC(C)CC1. The van der Waals surface area contributed by atoms with Gasteiger partial charge < -0.3 is 9.84 Å². The summed E-state index contributed by atoms with van der Waals surface area (Å²) < 4.78 is 5.03. The lowest BCUT2D eigenvalue weighted by atomic mass is 9.83. The number of amides is 1. The maximum atomic E-state index is 12.0. The van der Waals surface area contributed by atoms with Crippen molar-refractivity contribution in [2.75, 3.05) is 6.54 Å². The van der Waals surface area contributed by atoms with E-state index in [9.17, 15) is 4.79 Å². The highest BCUT2D eigenvalue weighted by molar-refractivity contribution is 5.94. The zero-order valence-electron chi connectivity index (χ0n) is 11.2. The summed E-state index contributed by atoms with van der Waals surface area (Å²) in [6.45, 7) is 5.04. The zero-order chi connectivity index (χ0) is 13.0. The minimum absolute atomic E-state index is 0.0493. The number of carbonyl (C=O) groups excluding carboxylic acids is 1. The Morgan fingerprint density at radius 2 is 2.17 bits per heavy atom. The van der Waals surface area contributed by atoms with E-state index in [0.717, 1.165) is 12.5 Å².